The first-order valence-corrected chi connectivity index (χ1v) is 8.14. The molecule has 0 heterocycles. The van der Waals surface area contributed by atoms with E-state index in [0.29, 0.717) is 17.3 Å². The Kier molecular flexibility index (Phi) is 5.03. The number of carbonyl (C=O) groups excluding carboxylic acids is 1. The normalized spacial score (nSPS) is 17.3. The van der Waals surface area contributed by atoms with Crippen LogP contribution in [0.3, 0.4) is 0 Å². The molecule has 0 aliphatic heterocycles. The van der Waals surface area contributed by atoms with Gasteiger partial charge in [0.2, 0.25) is 0 Å². The Bertz CT molecular complexity index is 546. The smallest absolute Gasteiger partial charge is 0.412 e. The van der Waals surface area contributed by atoms with Crippen LogP contribution < -0.4 is 11.1 Å². The molecule has 22 heavy (non-hydrogen) atoms. The van der Waals surface area contributed by atoms with Gasteiger partial charge in [-0.05, 0) is 51.3 Å². The molecule has 1 aromatic carbocycles. The number of nitrogens with two attached hydrogens (primary N) is 1. The van der Waals surface area contributed by atoms with Crippen molar-refractivity contribution in [2.24, 2.45) is 5.73 Å². The van der Waals surface area contributed by atoms with Gasteiger partial charge in [0.25, 0.3) is 0 Å². The van der Waals surface area contributed by atoms with Crippen molar-refractivity contribution in [1.82, 2.24) is 0 Å². The highest BCUT2D eigenvalue weighted by molar-refractivity contribution is 6.33. The minimum absolute atomic E-state index is 0.00888. The average molecular weight is 325 g/mol. The van der Waals surface area contributed by atoms with Crippen LogP contribution in [0.5, 0.6) is 0 Å². The van der Waals surface area contributed by atoms with Gasteiger partial charge in [-0.1, -0.05) is 30.5 Å². The number of nitrogens with one attached hydrogen (secondary N) is 1. The molecule has 5 heteroatoms. The lowest BCUT2D eigenvalue weighted by molar-refractivity contribution is 0.0636. The van der Waals surface area contributed by atoms with Gasteiger partial charge in [-0.2, -0.15) is 0 Å². The fourth-order valence-corrected chi connectivity index (χ4v) is 3.19. The van der Waals surface area contributed by atoms with Gasteiger partial charge in [-0.3, -0.25) is 5.32 Å². The molecule has 1 aliphatic rings. The molecule has 3 N–H and O–H groups in total. The predicted octanol–water partition coefficient (Wildman–Crippen LogP) is 4.46. The van der Waals surface area contributed by atoms with Gasteiger partial charge in [-0.25, -0.2) is 4.79 Å². The SMILES string of the molecule is CC(C)(C)OC(=O)Nc1cc(C2(CN)CCCC2)ccc1Cl. The number of hydrogen-bond acceptors (Lipinski definition) is 3. The molecule has 4 nitrogen and oxygen atoms in total. The van der Waals surface area contributed by atoms with Crippen molar-refractivity contribution in [2.75, 3.05) is 11.9 Å². The van der Waals surface area contributed by atoms with Gasteiger partial charge in [0.1, 0.15) is 5.60 Å². The van der Waals surface area contributed by atoms with Crippen LogP contribution in [0.4, 0.5) is 10.5 Å². The van der Waals surface area contributed by atoms with Gasteiger partial charge in [-0.15, -0.1) is 0 Å². The van der Waals surface area contributed by atoms with Gasteiger partial charge < -0.3 is 10.5 Å². The van der Waals surface area contributed by atoms with E-state index in [0.717, 1.165) is 18.4 Å². The van der Waals surface area contributed by atoms with Crippen molar-refractivity contribution >= 4 is 23.4 Å². The van der Waals surface area contributed by atoms with Crippen LogP contribution in [0.25, 0.3) is 0 Å². The molecule has 0 spiro atoms. The Morgan fingerprint density at radius 1 is 1.36 bits per heavy atom. The molecule has 2 rings (SSSR count). The number of rotatable bonds is 3. The molecule has 0 radical (unpaired) electrons. The Morgan fingerprint density at radius 3 is 2.55 bits per heavy atom. The Labute approximate surface area is 137 Å². The molecule has 1 fully saturated rings. The van der Waals surface area contributed by atoms with Crippen molar-refractivity contribution in [3.8, 4) is 0 Å². The fourth-order valence-electron chi connectivity index (χ4n) is 3.03. The molecule has 0 saturated heterocycles. The van der Waals surface area contributed by atoms with E-state index < -0.39 is 11.7 Å². The summed E-state index contributed by atoms with van der Waals surface area (Å²) in [5.74, 6) is 0. The van der Waals surface area contributed by atoms with Crippen LogP contribution in [0, 0.1) is 0 Å². The van der Waals surface area contributed by atoms with E-state index >= 15 is 0 Å². The summed E-state index contributed by atoms with van der Waals surface area (Å²) < 4.78 is 5.28. The fraction of sp³-hybridized carbons (Fsp3) is 0.588. The van der Waals surface area contributed by atoms with E-state index in [2.05, 4.69) is 5.32 Å². The lowest BCUT2D eigenvalue weighted by Gasteiger charge is -2.28. The molecule has 122 valence electrons. The summed E-state index contributed by atoms with van der Waals surface area (Å²) in [5, 5.41) is 3.24. The van der Waals surface area contributed by atoms with E-state index in [1.165, 1.54) is 12.8 Å². The van der Waals surface area contributed by atoms with Crippen LogP contribution in [-0.4, -0.2) is 18.2 Å². The highest BCUT2D eigenvalue weighted by Gasteiger charge is 2.34. The molecule has 0 atom stereocenters. The van der Waals surface area contributed by atoms with Crippen LogP contribution in [0.15, 0.2) is 18.2 Å². The number of anilines is 1. The number of amides is 1. The lowest BCUT2D eigenvalue weighted by atomic mass is 9.79. The third-order valence-electron chi connectivity index (χ3n) is 4.17. The minimum Gasteiger partial charge on any atom is -0.444 e. The summed E-state index contributed by atoms with van der Waals surface area (Å²) in [6.45, 7) is 6.09. The first kappa shape index (κ1) is 17.1. The minimum atomic E-state index is -0.544. The molecule has 0 unspecified atom stereocenters. The zero-order chi connectivity index (χ0) is 16.4. The standard InChI is InChI=1S/C17H25ClN2O2/c1-16(2,3)22-15(21)20-14-10-12(6-7-13(14)18)17(11-19)8-4-5-9-17/h6-7,10H,4-5,8-9,11,19H2,1-3H3,(H,20,21). The van der Waals surface area contributed by atoms with Crippen LogP contribution in [0.1, 0.15) is 52.0 Å². The zero-order valence-corrected chi connectivity index (χ0v) is 14.3. The number of hydrogen-bond donors (Lipinski definition) is 2. The third-order valence-corrected chi connectivity index (χ3v) is 4.50. The summed E-state index contributed by atoms with van der Waals surface area (Å²) in [6.07, 6.45) is 4.04. The first-order chi connectivity index (χ1) is 10.3. The van der Waals surface area contributed by atoms with Crippen molar-refractivity contribution in [3.63, 3.8) is 0 Å². The van der Waals surface area contributed by atoms with Crippen LogP contribution in [0.2, 0.25) is 5.02 Å². The maximum atomic E-state index is 11.9. The lowest BCUT2D eigenvalue weighted by Crippen LogP contribution is -2.32. The maximum Gasteiger partial charge on any atom is 0.412 e. The van der Waals surface area contributed by atoms with E-state index in [1.54, 1.807) is 0 Å². The van der Waals surface area contributed by atoms with Gasteiger partial charge in [0, 0.05) is 12.0 Å². The zero-order valence-electron chi connectivity index (χ0n) is 13.5. The third kappa shape index (κ3) is 3.93. The van der Waals surface area contributed by atoms with Crippen LogP contribution in [-0.2, 0) is 10.2 Å². The Balaban J connectivity index is 2.22. The molecule has 1 aromatic rings. The summed E-state index contributed by atoms with van der Waals surface area (Å²) in [4.78, 5) is 11.9. The molecule has 0 bridgehead atoms. The van der Waals surface area contributed by atoms with Gasteiger partial charge in [0.15, 0.2) is 0 Å². The maximum absolute atomic E-state index is 11.9. The Hall–Kier alpha value is -1.26. The monoisotopic (exact) mass is 324 g/mol. The van der Waals surface area contributed by atoms with E-state index in [9.17, 15) is 4.79 Å². The molecule has 1 aliphatic carbocycles. The number of halogens is 1. The number of ether oxygens (including phenoxy) is 1. The topological polar surface area (TPSA) is 64.3 Å². The predicted molar refractivity (Wildman–Crippen MR) is 90.5 cm³/mol. The number of benzene rings is 1. The van der Waals surface area contributed by atoms with Crippen LogP contribution >= 0.6 is 11.6 Å². The van der Waals surface area contributed by atoms with Crippen molar-refractivity contribution < 1.29 is 9.53 Å². The van der Waals surface area contributed by atoms with E-state index in [4.69, 9.17) is 22.1 Å². The summed E-state index contributed by atoms with van der Waals surface area (Å²) in [5.41, 5.74) is 7.21. The number of carbonyl (C=O) groups is 1. The Morgan fingerprint density at radius 2 is 2.00 bits per heavy atom. The average Bonchev–Trinajstić information content (AvgIpc) is 2.89. The summed E-state index contributed by atoms with van der Waals surface area (Å²) in [6, 6.07) is 5.77. The second-order valence-corrected chi connectivity index (χ2v) is 7.42. The quantitative estimate of drug-likeness (QED) is 0.862. The van der Waals surface area contributed by atoms with Gasteiger partial charge >= 0.3 is 6.09 Å². The molecule has 1 amide bonds. The largest absolute Gasteiger partial charge is 0.444 e. The molecule has 0 aromatic heterocycles. The highest BCUT2D eigenvalue weighted by atomic mass is 35.5. The first-order valence-electron chi connectivity index (χ1n) is 7.76. The summed E-state index contributed by atoms with van der Waals surface area (Å²) >= 11 is 6.21. The van der Waals surface area contributed by atoms with E-state index in [-0.39, 0.29) is 5.41 Å². The van der Waals surface area contributed by atoms with Crippen molar-refractivity contribution in [1.29, 1.82) is 0 Å². The van der Waals surface area contributed by atoms with Crippen molar-refractivity contribution in [3.05, 3.63) is 28.8 Å². The van der Waals surface area contributed by atoms with E-state index in [1.807, 2.05) is 39.0 Å². The molecule has 1 saturated carbocycles. The highest BCUT2D eigenvalue weighted by Crippen LogP contribution is 2.42. The molecular weight excluding hydrogens is 300 g/mol. The second kappa shape index (κ2) is 6.47. The molecular formula is C17H25ClN2O2. The van der Waals surface area contributed by atoms with Gasteiger partial charge in [0.05, 0.1) is 10.7 Å². The second-order valence-electron chi connectivity index (χ2n) is 7.01. The van der Waals surface area contributed by atoms with Crippen molar-refractivity contribution in [2.45, 2.75) is 57.5 Å². The summed E-state index contributed by atoms with van der Waals surface area (Å²) in [7, 11) is 0.